The average molecular weight is 280 g/mol. The van der Waals surface area contributed by atoms with Gasteiger partial charge in [0.05, 0.1) is 5.75 Å². The van der Waals surface area contributed by atoms with Crippen molar-refractivity contribution in [2.24, 2.45) is 5.92 Å². The summed E-state index contributed by atoms with van der Waals surface area (Å²) in [6.45, 7) is 3.50. The summed E-state index contributed by atoms with van der Waals surface area (Å²) in [5, 5.41) is 13.6. The lowest BCUT2D eigenvalue weighted by atomic mass is 9.99. The van der Waals surface area contributed by atoms with Gasteiger partial charge in [0.25, 0.3) is 0 Å². The van der Waals surface area contributed by atoms with Crippen LogP contribution >= 0.6 is 0 Å². The number of carboxylic acids is 1. The zero-order valence-corrected chi connectivity index (χ0v) is 11.6. The highest BCUT2D eigenvalue weighted by Gasteiger charge is 2.25. The highest BCUT2D eigenvalue weighted by molar-refractivity contribution is 7.90. The molecule has 0 fully saturated rings. The lowest BCUT2D eigenvalue weighted by molar-refractivity contribution is -0.140. The predicted molar refractivity (Wildman–Crippen MR) is 67.1 cm³/mol. The number of aliphatic carboxylic acids is 1. The molecule has 2 atom stereocenters. The van der Waals surface area contributed by atoms with E-state index >= 15 is 0 Å². The van der Waals surface area contributed by atoms with Crippen molar-refractivity contribution in [3.8, 4) is 0 Å². The molecule has 18 heavy (non-hydrogen) atoms. The third-order valence-corrected chi connectivity index (χ3v) is 3.47. The molecule has 1 unspecified atom stereocenters. The summed E-state index contributed by atoms with van der Waals surface area (Å²) in [4.78, 5) is 22.3. The third kappa shape index (κ3) is 7.10. The smallest absolute Gasteiger partial charge is 0.326 e. The van der Waals surface area contributed by atoms with Gasteiger partial charge in [0.2, 0.25) is 0 Å². The summed E-state index contributed by atoms with van der Waals surface area (Å²) in [5.41, 5.74) is 0. The van der Waals surface area contributed by atoms with Gasteiger partial charge >= 0.3 is 12.0 Å². The van der Waals surface area contributed by atoms with E-state index in [0.29, 0.717) is 6.42 Å². The first-order valence-electron chi connectivity index (χ1n) is 5.62. The van der Waals surface area contributed by atoms with Crippen LogP contribution in [-0.4, -0.2) is 50.1 Å². The van der Waals surface area contributed by atoms with Crippen molar-refractivity contribution in [3.63, 3.8) is 0 Å². The van der Waals surface area contributed by atoms with Crippen LogP contribution in [0.1, 0.15) is 20.3 Å². The minimum absolute atomic E-state index is 0.0441. The molecular formula is C10H20N2O5S. The summed E-state index contributed by atoms with van der Waals surface area (Å²) >= 11 is 0. The maximum absolute atomic E-state index is 11.4. The number of carbonyl (C=O) groups excluding carboxylic acids is 1. The Bertz CT molecular complexity index is 393. The molecule has 0 spiro atoms. The van der Waals surface area contributed by atoms with Gasteiger partial charge in [0, 0.05) is 12.8 Å². The first-order chi connectivity index (χ1) is 8.17. The fourth-order valence-electron chi connectivity index (χ4n) is 1.23. The number of carbonyl (C=O) groups is 2. The van der Waals surface area contributed by atoms with Gasteiger partial charge in [-0.1, -0.05) is 20.3 Å². The van der Waals surface area contributed by atoms with Gasteiger partial charge in [-0.3, -0.25) is 0 Å². The van der Waals surface area contributed by atoms with E-state index in [9.17, 15) is 18.0 Å². The van der Waals surface area contributed by atoms with Crippen molar-refractivity contribution < 1.29 is 23.1 Å². The number of carboxylic acid groups (broad SMARTS) is 1. The third-order valence-electron chi connectivity index (χ3n) is 2.52. The highest BCUT2D eigenvalue weighted by atomic mass is 32.2. The summed E-state index contributed by atoms with van der Waals surface area (Å²) in [7, 11) is -3.14. The summed E-state index contributed by atoms with van der Waals surface area (Å²) in [6.07, 6.45) is 1.67. The monoisotopic (exact) mass is 280 g/mol. The molecule has 0 saturated carbocycles. The fraction of sp³-hybridized carbons (Fsp3) is 0.800. The Labute approximate surface area is 107 Å². The van der Waals surface area contributed by atoms with Crippen LogP contribution < -0.4 is 10.6 Å². The van der Waals surface area contributed by atoms with Crippen molar-refractivity contribution >= 4 is 21.8 Å². The second-order valence-corrected chi connectivity index (χ2v) is 6.49. The first-order valence-corrected chi connectivity index (χ1v) is 7.68. The largest absolute Gasteiger partial charge is 0.480 e. The van der Waals surface area contributed by atoms with Gasteiger partial charge in [0.1, 0.15) is 15.9 Å². The Balaban J connectivity index is 4.23. The Kier molecular flexibility index (Phi) is 6.67. The molecule has 2 amide bonds. The molecule has 3 N–H and O–H groups in total. The lowest BCUT2D eigenvalue weighted by Gasteiger charge is -2.20. The van der Waals surface area contributed by atoms with Gasteiger partial charge in [-0.2, -0.15) is 0 Å². The van der Waals surface area contributed by atoms with Gasteiger partial charge in [-0.05, 0) is 5.92 Å². The molecule has 0 aliphatic carbocycles. The van der Waals surface area contributed by atoms with Crippen LogP contribution in [0.15, 0.2) is 0 Å². The van der Waals surface area contributed by atoms with Crippen molar-refractivity contribution in [3.05, 3.63) is 0 Å². The first kappa shape index (κ1) is 16.7. The van der Waals surface area contributed by atoms with E-state index in [1.807, 2.05) is 6.92 Å². The van der Waals surface area contributed by atoms with Gasteiger partial charge < -0.3 is 15.7 Å². The SMILES string of the molecule is CCC(C)[C@H](NC(=O)NCCS(C)(=O)=O)C(=O)O. The molecule has 0 rings (SSSR count). The number of amides is 2. The fourth-order valence-corrected chi connectivity index (χ4v) is 1.70. The van der Waals surface area contributed by atoms with E-state index < -0.39 is 27.9 Å². The van der Waals surface area contributed by atoms with Gasteiger partial charge in [-0.15, -0.1) is 0 Å². The molecule has 0 bridgehead atoms. The molecule has 0 aromatic carbocycles. The van der Waals surface area contributed by atoms with Gasteiger partial charge in [-0.25, -0.2) is 18.0 Å². The van der Waals surface area contributed by atoms with E-state index in [-0.39, 0.29) is 18.2 Å². The van der Waals surface area contributed by atoms with E-state index in [2.05, 4.69) is 10.6 Å². The maximum Gasteiger partial charge on any atom is 0.326 e. The van der Waals surface area contributed by atoms with Crippen LogP contribution in [0.2, 0.25) is 0 Å². The van der Waals surface area contributed by atoms with E-state index in [0.717, 1.165) is 6.26 Å². The standard InChI is InChI=1S/C10H20N2O5S/c1-4-7(2)8(9(13)14)12-10(15)11-5-6-18(3,16)17/h7-8H,4-6H2,1-3H3,(H,13,14)(H2,11,12,15)/t7?,8-/m0/s1. The van der Waals surface area contributed by atoms with Crippen molar-refractivity contribution in [1.82, 2.24) is 10.6 Å². The molecule has 0 aliphatic rings. The second kappa shape index (κ2) is 7.20. The quantitative estimate of drug-likeness (QED) is 0.599. The minimum atomic E-state index is -3.14. The number of urea groups is 1. The number of nitrogens with one attached hydrogen (secondary N) is 2. The molecule has 0 aliphatic heterocycles. The van der Waals surface area contributed by atoms with Crippen LogP contribution in [-0.2, 0) is 14.6 Å². The number of hydrogen-bond donors (Lipinski definition) is 3. The molecule has 0 radical (unpaired) electrons. The molecule has 0 heterocycles. The molecular weight excluding hydrogens is 260 g/mol. The van der Waals surface area contributed by atoms with Crippen molar-refractivity contribution in [2.45, 2.75) is 26.3 Å². The molecule has 7 nitrogen and oxygen atoms in total. The Morgan fingerprint density at radius 1 is 1.33 bits per heavy atom. The predicted octanol–water partition coefficient (Wildman–Crippen LogP) is -0.170. The van der Waals surface area contributed by atoms with Crippen molar-refractivity contribution in [1.29, 1.82) is 0 Å². The molecule has 8 heteroatoms. The topological polar surface area (TPSA) is 113 Å². The Morgan fingerprint density at radius 2 is 1.89 bits per heavy atom. The summed E-state index contributed by atoms with van der Waals surface area (Å²) in [5.74, 6) is -1.49. The highest BCUT2D eigenvalue weighted by Crippen LogP contribution is 2.07. The van der Waals surface area contributed by atoms with E-state index in [1.54, 1.807) is 6.92 Å². The molecule has 0 aromatic rings. The van der Waals surface area contributed by atoms with Crippen LogP contribution in [0, 0.1) is 5.92 Å². The summed E-state index contributed by atoms with van der Waals surface area (Å²) in [6, 6.07) is -1.65. The second-order valence-electron chi connectivity index (χ2n) is 4.23. The number of sulfone groups is 1. The van der Waals surface area contributed by atoms with Gasteiger partial charge in [0.15, 0.2) is 0 Å². The zero-order valence-electron chi connectivity index (χ0n) is 10.8. The number of rotatable bonds is 7. The normalized spacial score (nSPS) is 14.6. The molecule has 0 saturated heterocycles. The summed E-state index contributed by atoms with van der Waals surface area (Å²) < 4.78 is 21.7. The maximum atomic E-state index is 11.4. The molecule has 106 valence electrons. The van der Waals surface area contributed by atoms with E-state index in [4.69, 9.17) is 5.11 Å². The Morgan fingerprint density at radius 3 is 2.28 bits per heavy atom. The van der Waals surface area contributed by atoms with Crippen LogP contribution in [0.3, 0.4) is 0 Å². The van der Waals surface area contributed by atoms with Crippen LogP contribution in [0.5, 0.6) is 0 Å². The Hall–Kier alpha value is -1.31. The van der Waals surface area contributed by atoms with Crippen molar-refractivity contribution in [2.75, 3.05) is 18.6 Å². The van der Waals surface area contributed by atoms with Crippen LogP contribution in [0.4, 0.5) is 4.79 Å². The lowest BCUT2D eigenvalue weighted by Crippen LogP contribution is -2.49. The van der Waals surface area contributed by atoms with E-state index in [1.165, 1.54) is 0 Å². The zero-order chi connectivity index (χ0) is 14.3. The minimum Gasteiger partial charge on any atom is -0.480 e. The number of hydrogen-bond acceptors (Lipinski definition) is 4. The molecule has 0 aromatic heterocycles. The van der Waals surface area contributed by atoms with Crippen LogP contribution in [0.25, 0.3) is 0 Å². The average Bonchev–Trinajstić information content (AvgIpc) is 2.22.